The fourth-order valence-electron chi connectivity index (χ4n) is 2.27. The van der Waals surface area contributed by atoms with E-state index < -0.39 is 10.0 Å². The zero-order valence-electron chi connectivity index (χ0n) is 13.2. The van der Waals surface area contributed by atoms with Crippen LogP contribution in [-0.2, 0) is 10.0 Å². The largest absolute Gasteiger partial charge is 0.289 e. The molecule has 2 aromatic carbocycles. The quantitative estimate of drug-likeness (QED) is 0.636. The van der Waals surface area contributed by atoms with E-state index in [-0.39, 0.29) is 21.9 Å². The fraction of sp³-hybridized carbons (Fsp3) is 0. The van der Waals surface area contributed by atoms with Crippen molar-refractivity contribution in [1.29, 1.82) is 0 Å². The average molecular weight is 407 g/mol. The van der Waals surface area contributed by atoms with Crippen molar-refractivity contribution in [2.24, 2.45) is 0 Å². The molecule has 0 fully saturated rings. The van der Waals surface area contributed by atoms with Crippen molar-refractivity contribution >= 4 is 44.7 Å². The summed E-state index contributed by atoms with van der Waals surface area (Å²) in [6, 6.07) is 13.2. The number of carbonyl (C=O) groups is 1. The van der Waals surface area contributed by atoms with Crippen LogP contribution in [0.15, 0.2) is 71.9 Å². The highest BCUT2D eigenvalue weighted by Gasteiger charge is 2.20. The molecule has 132 valence electrons. The Morgan fingerprint density at radius 1 is 0.885 bits per heavy atom. The van der Waals surface area contributed by atoms with Crippen LogP contribution in [0.4, 0.5) is 5.69 Å². The van der Waals surface area contributed by atoms with Crippen molar-refractivity contribution in [3.8, 4) is 0 Å². The SMILES string of the molecule is O=C(c1ccncc1)c1cc(Cl)ccc1NS(=O)(=O)c1ccc(Cl)cc1. The Morgan fingerprint density at radius 3 is 2.15 bits per heavy atom. The Morgan fingerprint density at radius 2 is 1.50 bits per heavy atom. The molecule has 0 aliphatic carbocycles. The van der Waals surface area contributed by atoms with Crippen LogP contribution in [0.5, 0.6) is 0 Å². The summed E-state index contributed by atoms with van der Waals surface area (Å²) in [5, 5.41) is 0.737. The summed E-state index contributed by atoms with van der Waals surface area (Å²) in [6.45, 7) is 0. The number of halogens is 2. The van der Waals surface area contributed by atoms with E-state index in [1.54, 1.807) is 12.1 Å². The number of sulfonamides is 1. The number of carbonyl (C=O) groups excluding carboxylic acids is 1. The molecule has 5 nitrogen and oxygen atoms in total. The van der Waals surface area contributed by atoms with E-state index in [0.29, 0.717) is 15.6 Å². The highest BCUT2D eigenvalue weighted by atomic mass is 35.5. The summed E-state index contributed by atoms with van der Waals surface area (Å²) in [5.41, 5.74) is 0.640. The molecule has 0 atom stereocenters. The lowest BCUT2D eigenvalue weighted by atomic mass is 10.0. The molecule has 1 aromatic heterocycles. The lowest BCUT2D eigenvalue weighted by Crippen LogP contribution is -2.16. The second-order valence-electron chi connectivity index (χ2n) is 5.31. The van der Waals surface area contributed by atoms with Crippen molar-refractivity contribution in [2.45, 2.75) is 4.90 Å². The van der Waals surface area contributed by atoms with Gasteiger partial charge >= 0.3 is 0 Å². The molecule has 8 heteroatoms. The van der Waals surface area contributed by atoms with E-state index in [9.17, 15) is 13.2 Å². The zero-order chi connectivity index (χ0) is 18.7. The third kappa shape index (κ3) is 4.04. The molecule has 0 spiro atoms. The van der Waals surface area contributed by atoms with Gasteiger partial charge in [0.1, 0.15) is 0 Å². The Balaban J connectivity index is 2.01. The Bertz CT molecular complexity index is 1050. The maximum absolute atomic E-state index is 12.7. The van der Waals surface area contributed by atoms with Gasteiger partial charge in [-0.1, -0.05) is 23.2 Å². The van der Waals surface area contributed by atoms with Gasteiger partial charge in [0.2, 0.25) is 0 Å². The number of anilines is 1. The molecule has 0 aliphatic heterocycles. The van der Waals surface area contributed by atoms with Gasteiger partial charge in [-0.2, -0.15) is 0 Å². The summed E-state index contributed by atoms with van der Waals surface area (Å²) in [6.07, 6.45) is 2.96. The van der Waals surface area contributed by atoms with E-state index in [1.165, 1.54) is 54.9 Å². The normalized spacial score (nSPS) is 11.2. The van der Waals surface area contributed by atoms with Crippen molar-refractivity contribution in [2.75, 3.05) is 4.72 Å². The number of nitrogens with zero attached hydrogens (tertiary/aromatic N) is 1. The first-order valence-electron chi connectivity index (χ1n) is 7.39. The smallest absolute Gasteiger partial charge is 0.261 e. The van der Waals surface area contributed by atoms with Crippen LogP contribution in [0.1, 0.15) is 15.9 Å². The molecule has 3 rings (SSSR count). The number of aromatic nitrogens is 1. The van der Waals surface area contributed by atoms with Crippen LogP contribution in [-0.4, -0.2) is 19.2 Å². The minimum atomic E-state index is -3.90. The first kappa shape index (κ1) is 18.4. The van der Waals surface area contributed by atoms with Crippen LogP contribution in [0, 0.1) is 0 Å². The maximum atomic E-state index is 12.7. The van der Waals surface area contributed by atoms with Gasteiger partial charge in [-0.05, 0) is 54.6 Å². The van der Waals surface area contributed by atoms with Gasteiger partial charge in [-0.25, -0.2) is 8.42 Å². The van der Waals surface area contributed by atoms with Gasteiger partial charge in [0.15, 0.2) is 5.78 Å². The summed E-state index contributed by atoms with van der Waals surface area (Å²) >= 11 is 11.8. The molecule has 0 amide bonds. The molecule has 1 N–H and O–H groups in total. The molecule has 0 bridgehead atoms. The van der Waals surface area contributed by atoms with E-state index in [4.69, 9.17) is 23.2 Å². The summed E-state index contributed by atoms with van der Waals surface area (Å²) in [5.74, 6) is -0.372. The van der Waals surface area contributed by atoms with Crippen molar-refractivity contribution < 1.29 is 13.2 Å². The molecular weight excluding hydrogens is 395 g/mol. The Labute approximate surface area is 160 Å². The lowest BCUT2D eigenvalue weighted by Gasteiger charge is -2.13. The summed E-state index contributed by atoms with van der Waals surface area (Å²) in [4.78, 5) is 16.6. The summed E-state index contributed by atoms with van der Waals surface area (Å²) in [7, 11) is -3.90. The van der Waals surface area contributed by atoms with Gasteiger partial charge < -0.3 is 0 Å². The predicted octanol–water partition coefficient (Wildman–Crippen LogP) is 4.42. The first-order valence-corrected chi connectivity index (χ1v) is 9.63. The maximum Gasteiger partial charge on any atom is 0.261 e. The average Bonchev–Trinajstić information content (AvgIpc) is 2.63. The topological polar surface area (TPSA) is 76.1 Å². The second-order valence-corrected chi connectivity index (χ2v) is 7.87. The molecule has 3 aromatic rings. The van der Waals surface area contributed by atoms with E-state index in [1.807, 2.05) is 0 Å². The van der Waals surface area contributed by atoms with E-state index >= 15 is 0 Å². The molecular formula is C18H12Cl2N2O3S. The minimum Gasteiger partial charge on any atom is -0.289 e. The minimum absolute atomic E-state index is 0.0270. The molecule has 0 saturated heterocycles. The van der Waals surface area contributed by atoms with Gasteiger partial charge in [-0.15, -0.1) is 0 Å². The summed E-state index contributed by atoms with van der Waals surface area (Å²) < 4.78 is 27.6. The third-order valence-electron chi connectivity index (χ3n) is 3.54. The van der Waals surface area contributed by atoms with E-state index in [0.717, 1.165) is 0 Å². The number of hydrogen-bond acceptors (Lipinski definition) is 4. The van der Waals surface area contributed by atoms with Crippen LogP contribution >= 0.6 is 23.2 Å². The first-order chi connectivity index (χ1) is 12.4. The fourth-order valence-corrected chi connectivity index (χ4v) is 3.65. The number of nitrogens with one attached hydrogen (secondary N) is 1. The molecule has 0 radical (unpaired) electrons. The van der Waals surface area contributed by atoms with Gasteiger partial charge in [0, 0.05) is 33.6 Å². The molecule has 0 unspecified atom stereocenters. The Hall–Kier alpha value is -2.41. The number of pyridine rings is 1. The predicted molar refractivity (Wildman–Crippen MR) is 101 cm³/mol. The van der Waals surface area contributed by atoms with Crippen LogP contribution in [0.2, 0.25) is 10.0 Å². The van der Waals surface area contributed by atoms with Crippen LogP contribution < -0.4 is 4.72 Å². The molecule has 26 heavy (non-hydrogen) atoms. The van der Waals surface area contributed by atoms with Crippen LogP contribution in [0.3, 0.4) is 0 Å². The van der Waals surface area contributed by atoms with Gasteiger partial charge in [0.25, 0.3) is 10.0 Å². The van der Waals surface area contributed by atoms with Crippen molar-refractivity contribution in [1.82, 2.24) is 4.98 Å². The van der Waals surface area contributed by atoms with E-state index in [2.05, 4.69) is 9.71 Å². The zero-order valence-corrected chi connectivity index (χ0v) is 15.5. The second kappa shape index (κ2) is 7.45. The number of benzene rings is 2. The monoisotopic (exact) mass is 406 g/mol. The number of rotatable bonds is 5. The van der Waals surface area contributed by atoms with Gasteiger partial charge in [-0.3, -0.25) is 14.5 Å². The highest BCUT2D eigenvalue weighted by Crippen LogP contribution is 2.26. The number of ketones is 1. The standard InChI is InChI=1S/C18H12Cl2N2O3S/c19-13-1-4-15(5-2-13)26(24,25)22-17-6-3-14(20)11-16(17)18(23)12-7-9-21-10-8-12/h1-11,22H. The van der Waals surface area contributed by atoms with Crippen molar-refractivity contribution in [3.05, 3.63) is 88.2 Å². The lowest BCUT2D eigenvalue weighted by molar-refractivity contribution is 0.103. The van der Waals surface area contributed by atoms with Gasteiger partial charge in [0.05, 0.1) is 10.6 Å². The van der Waals surface area contributed by atoms with Crippen molar-refractivity contribution in [3.63, 3.8) is 0 Å². The van der Waals surface area contributed by atoms with Crippen LogP contribution in [0.25, 0.3) is 0 Å². The molecule has 1 heterocycles. The molecule has 0 saturated carbocycles. The molecule has 0 aliphatic rings. The third-order valence-corrected chi connectivity index (χ3v) is 5.41. The highest BCUT2D eigenvalue weighted by molar-refractivity contribution is 7.92. The number of hydrogen-bond donors (Lipinski definition) is 1. The Kier molecular flexibility index (Phi) is 5.27.